The third kappa shape index (κ3) is 3.37. The van der Waals surface area contributed by atoms with Crippen molar-refractivity contribution < 1.29 is 9.21 Å². The Morgan fingerprint density at radius 3 is 2.80 bits per heavy atom. The number of benzene rings is 1. The van der Waals surface area contributed by atoms with Crippen molar-refractivity contribution in [3.63, 3.8) is 0 Å². The minimum Gasteiger partial charge on any atom is -0.440 e. The highest BCUT2D eigenvalue weighted by molar-refractivity contribution is 5.97. The molecule has 3 aromatic rings. The summed E-state index contributed by atoms with van der Waals surface area (Å²) in [5.74, 6) is 1.59. The van der Waals surface area contributed by atoms with Crippen LogP contribution in [0, 0.1) is 6.92 Å². The fraction of sp³-hybridized carbons (Fsp3) is 0.250. The predicted octanol–water partition coefficient (Wildman–Crippen LogP) is 3.29. The van der Waals surface area contributed by atoms with Gasteiger partial charge in [-0.05, 0) is 19.1 Å². The Balaban J connectivity index is 1.47. The second kappa shape index (κ2) is 6.61. The Bertz CT molecular complexity index is 885. The van der Waals surface area contributed by atoms with Crippen molar-refractivity contribution >= 4 is 5.78 Å². The first-order chi connectivity index (χ1) is 12.2. The zero-order chi connectivity index (χ0) is 17.2. The first-order valence-corrected chi connectivity index (χ1v) is 8.41. The summed E-state index contributed by atoms with van der Waals surface area (Å²) in [6.45, 7) is 3.84. The molecule has 3 heterocycles. The van der Waals surface area contributed by atoms with Crippen LogP contribution in [-0.2, 0) is 13.0 Å². The van der Waals surface area contributed by atoms with E-state index in [1.54, 1.807) is 6.20 Å². The van der Waals surface area contributed by atoms with Crippen molar-refractivity contribution in [3.8, 4) is 11.6 Å². The molecule has 5 heteroatoms. The molecule has 0 spiro atoms. The van der Waals surface area contributed by atoms with Crippen LogP contribution >= 0.6 is 0 Å². The van der Waals surface area contributed by atoms with Crippen molar-refractivity contribution in [2.75, 3.05) is 13.1 Å². The summed E-state index contributed by atoms with van der Waals surface area (Å²) >= 11 is 0. The molecule has 0 saturated carbocycles. The minimum absolute atomic E-state index is 0.136. The van der Waals surface area contributed by atoms with Crippen LogP contribution in [0.25, 0.3) is 11.6 Å². The number of carbonyl (C=O) groups is 1. The fourth-order valence-corrected chi connectivity index (χ4v) is 3.02. The van der Waals surface area contributed by atoms with Gasteiger partial charge in [-0.25, -0.2) is 4.98 Å². The molecule has 1 aliphatic heterocycles. The van der Waals surface area contributed by atoms with Gasteiger partial charge in [-0.1, -0.05) is 35.9 Å². The summed E-state index contributed by atoms with van der Waals surface area (Å²) in [4.78, 5) is 23.5. The van der Waals surface area contributed by atoms with Crippen LogP contribution in [0.2, 0.25) is 0 Å². The SMILES string of the molecule is Cc1ccc(C(=O)CN2CCc3oc(-c4ccccn4)nc3C2)cc1. The molecule has 0 saturated heterocycles. The van der Waals surface area contributed by atoms with Gasteiger partial charge in [0, 0.05) is 31.3 Å². The predicted molar refractivity (Wildman–Crippen MR) is 94.2 cm³/mol. The lowest BCUT2D eigenvalue weighted by Gasteiger charge is -2.24. The maximum Gasteiger partial charge on any atom is 0.245 e. The van der Waals surface area contributed by atoms with Gasteiger partial charge in [0.15, 0.2) is 5.78 Å². The summed E-state index contributed by atoms with van der Waals surface area (Å²) in [6, 6.07) is 13.4. The Morgan fingerprint density at radius 2 is 2.04 bits per heavy atom. The number of hydrogen-bond acceptors (Lipinski definition) is 5. The van der Waals surface area contributed by atoms with Crippen molar-refractivity contribution in [2.45, 2.75) is 19.9 Å². The van der Waals surface area contributed by atoms with Gasteiger partial charge in [0.1, 0.15) is 11.5 Å². The van der Waals surface area contributed by atoms with E-state index in [4.69, 9.17) is 4.42 Å². The molecule has 0 aliphatic carbocycles. The summed E-state index contributed by atoms with van der Waals surface area (Å²) in [5, 5.41) is 0. The summed E-state index contributed by atoms with van der Waals surface area (Å²) in [5.41, 5.74) is 3.55. The number of fused-ring (bicyclic) bond motifs is 1. The molecule has 1 aliphatic rings. The summed E-state index contributed by atoms with van der Waals surface area (Å²) < 4.78 is 5.86. The molecule has 0 bridgehead atoms. The van der Waals surface area contributed by atoms with Crippen molar-refractivity contribution in [3.05, 3.63) is 71.2 Å². The number of oxazole rings is 1. The molecular formula is C20H19N3O2. The highest BCUT2D eigenvalue weighted by atomic mass is 16.4. The summed E-state index contributed by atoms with van der Waals surface area (Å²) in [7, 11) is 0. The second-order valence-corrected chi connectivity index (χ2v) is 6.35. The van der Waals surface area contributed by atoms with Gasteiger partial charge in [0.05, 0.1) is 12.2 Å². The highest BCUT2D eigenvalue weighted by Crippen LogP contribution is 2.25. The molecule has 2 aromatic heterocycles. The third-order valence-electron chi connectivity index (χ3n) is 4.43. The van der Waals surface area contributed by atoms with E-state index in [9.17, 15) is 4.79 Å². The smallest absolute Gasteiger partial charge is 0.245 e. The lowest BCUT2D eigenvalue weighted by atomic mass is 10.1. The molecule has 25 heavy (non-hydrogen) atoms. The Morgan fingerprint density at radius 1 is 1.20 bits per heavy atom. The van der Waals surface area contributed by atoms with Crippen LogP contribution < -0.4 is 0 Å². The van der Waals surface area contributed by atoms with E-state index in [0.717, 1.165) is 41.2 Å². The number of aromatic nitrogens is 2. The number of rotatable bonds is 4. The number of ketones is 1. The molecule has 0 fully saturated rings. The average Bonchev–Trinajstić information content (AvgIpc) is 3.06. The monoisotopic (exact) mass is 333 g/mol. The zero-order valence-electron chi connectivity index (χ0n) is 14.1. The molecule has 0 radical (unpaired) electrons. The van der Waals surface area contributed by atoms with Crippen LogP contribution in [0.5, 0.6) is 0 Å². The second-order valence-electron chi connectivity index (χ2n) is 6.35. The van der Waals surface area contributed by atoms with Crippen LogP contribution in [0.3, 0.4) is 0 Å². The van der Waals surface area contributed by atoms with Gasteiger partial charge >= 0.3 is 0 Å². The molecule has 0 atom stereocenters. The van der Waals surface area contributed by atoms with E-state index >= 15 is 0 Å². The van der Waals surface area contributed by atoms with E-state index in [0.29, 0.717) is 19.0 Å². The lowest BCUT2D eigenvalue weighted by molar-refractivity contribution is 0.0918. The fourth-order valence-electron chi connectivity index (χ4n) is 3.02. The van der Waals surface area contributed by atoms with Gasteiger partial charge in [-0.3, -0.25) is 14.7 Å². The van der Waals surface area contributed by atoms with Crippen LogP contribution in [0.1, 0.15) is 27.4 Å². The average molecular weight is 333 g/mol. The van der Waals surface area contributed by atoms with E-state index < -0.39 is 0 Å². The molecular weight excluding hydrogens is 314 g/mol. The minimum atomic E-state index is 0.136. The Hall–Kier alpha value is -2.79. The van der Waals surface area contributed by atoms with Gasteiger partial charge in [0.2, 0.25) is 5.89 Å². The molecule has 0 unspecified atom stereocenters. The van der Waals surface area contributed by atoms with E-state index in [-0.39, 0.29) is 5.78 Å². The first-order valence-electron chi connectivity index (χ1n) is 8.41. The highest BCUT2D eigenvalue weighted by Gasteiger charge is 2.24. The normalized spacial score (nSPS) is 14.3. The van der Waals surface area contributed by atoms with Crippen LogP contribution in [-0.4, -0.2) is 33.7 Å². The number of Topliss-reactive ketones (excluding diaryl/α,β-unsaturated/α-hetero) is 1. The van der Waals surface area contributed by atoms with Crippen LogP contribution in [0.15, 0.2) is 53.1 Å². The van der Waals surface area contributed by atoms with Gasteiger partial charge in [0.25, 0.3) is 0 Å². The van der Waals surface area contributed by atoms with Crippen molar-refractivity contribution in [2.24, 2.45) is 0 Å². The Labute approximate surface area is 146 Å². The van der Waals surface area contributed by atoms with E-state index in [1.165, 1.54) is 0 Å². The number of carbonyl (C=O) groups excluding carboxylic acids is 1. The number of nitrogens with zero attached hydrogens (tertiary/aromatic N) is 3. The van der Waals surface area contributed by atoms with Gasteiger partial charge in [-0.15, -0.1) is 0 Å². The van der Waals surface area contributed by atoms with Crippen molar-refractivity contribution in [1.82, 2.24) is 14.9 Å². The van der Waals surface area contributed by atoms with E-state index in [1.807, 2.05) is 49.4 Å². The summed E-state index contributed by atoms with van der Waals surface area (Å²) in [6.07, 6.45) is 2.49. The largest absolute Gasteiger partial charge is 0.440 e. The lowest BCUT2D eigenvalue weighted by Crippen LogP contribution is -2.34. The molecule has 126 valence electrons. The molecule has 0 amide bonds. The molecule has 0 N–H and O–H groups in total. The Kier molecular flexibility index (Phi) is 4.15. The first kappa shape index (κ1) is 15.7. The quantitative estimate of drug-likeness (QED) is 0.686. The topological polar surface area (TPSA) is 59.2 Å². The van der Waals surface area contributed by atoms with Gasteiger partial charge < -0.3 is 4.42 Å². The van der Waals surface area contributed by atoms with E-state index in [2.05, 4.69) is 14.9 Å². The maximum atomic E-state index is 12.5. The molecule has 4 rings (SSSR count). The van der Waals surface area contributed by atoms with Gasteiger partial charge in [-0.2, -0.15) is 0 Å². The molecule has 5 nitrogen and oxygen atoms in total. The standard InChI is InChI=1S/C20H19N3O2/c1-14-5-7-15(8-6-14)18(24)13-23-11-9-19-17(12-23)22-20(25-19)16-4-2-3-10-21-16/h2-8,10H,9,11-13H2,1H3. The molecule has 1 aromatic carbocycles. The number of hydrogen-bond donors (Lipinski definition) is 0. The maximum absolute atomic E-state index is 12.5. The number of pyridine rings is 1. The number of aryl methyl sites for hydroxylation is 1. The third-order valence-corrected chi connectivity index (χ3v) is 4.43. The van der Waals surface area contributed by atoms with Crippen molar-refractivity contribution in [1.29, 1.82) is 0 Å². The van der Waals surface area contributed by atoms with Crippen LogP contribution in [0.4, 0.5) is 0 Å². The zero-order valence-corrected chi connectivity index (χ0v) is 14.1.